The van der Waals surface area contributed by atoms with Gasteiger partial charge in [0.2, 0.25) is 0 Å². The minimum atomic E-state index is 0.465. The zero-order valence-corrected chi connectivity index (χ0v) is 12.5. The Morgan fingerprint density at radius 1 is 1.11 bits per heavy atom. The van der Waals surface area contributed by atoms with Gasteiger partial charge in [-0.05, 0) is 19.1 Å². The van der Waals surface area contributed by atoms with Crippen LogP contribution in [0.15, 0.2) is 46.9 Å². The van der Waals surface area contributed by atoms with Gasteiger partial charge in [0, 0.05) is 15.6 Å². The molecule has 2 rings (SSSR count). The molecule has 0 radical (unpaired) electrons. The summed E-state index contributed by atoms with van der Waals surface area (Å²) in [5.74, 6) is 1.32. The molecule has 18 heavy (non-hydrogen) atoms. The van der Waals surface area contributed by atoms with Gasteiger partial charge in [-0.1, -0.05) is 51.8 Å². The van der Waals surface area contributed by atoms with Gasteiger partial charge < -0.3 is 4.74 Å². The smallest absolute Gasteiger partial charge is 0.124 e. The molecule has 2 aromatic carbocycles. The summed E-state index contributed by atoms with van der Waals surface area (Å²) in [6, 6.07) is 14.1. The van der Waals surface area contributed by atoms with Crippen molar-refractivity contribution in [3.8, 4) is 5.75 Å². The zero-order valence-electron chi connectivity index (χ0n) is 10.1. The molecule has 94 valence electrons. The molecule has 0 saturated heterocycles. The van der Waals surface area contributed by atoms with Crippen molar-refractivity contribution in [2.45, 2.75) is 19.4 Å². The third kappa shape index (κ3) is 3.27. The van der Waals surface area contributed by atoms with Crippen LogP contribution in [0.3, 0.4) is 0 Å². The van der Waals surface area contributed by atoms with Crippen molar-refractivity contribution < 1.29 is 4.74 Å². The summed E-state index contributed by atoms with van der Waals surface area (Å²) in [4.78, 5) is 0. The predicted octanol–water partition coefficient (Wildman–Crippen LogP) is 5.08. The van der Waals surface area contributed by atoms with Gasteiger partial charge in [0.15, 0.2) is 0 Å². The summed E-state index contributed by atoms with van der Waals surface area (Å²) in [6.45, 7) is 2.59. The molecule has 0 atom stereocenters. The first-order chi connectivity index (χ1) is 8.70. The fourth-order valence-electron chi connectivity index (χ4n) is 1.72. The van der Waals surface area contributed by atoms with Crippen LogP contribution in [-0.2, 0) is 12.5 Å². The number of benzene rings is 2. The lowest BCUT2D eigenvalue weighted by Gasteiger charge is -2.11. The van der Waals surface area contributed by atoms with Gasteiger partial charge in [-0.2, -0.15) is 0 Å². The number of rotatable bonds is 4. The fourth-order valence-corrected chi connectivity index (χ4v) is 2.33. The molecule has 2 aromatic rings. The minimum absolute atomic E-state index is 0.465. The Labute approximate surface area is 121 Å². The first-order valence-corrected chi connectivity index (χ1v) is 7.05. The third-order valence-corrected chi connectivity index (χ3v) is 3.76. The van der Waals surface area contributed by atoms with Crippen molar-refractivity contribution in [1.82, 2.24) is 0 Å². The maximum Gasteiger partial charge on any atom is 0.124 e. The second kappa shape index (κ2) is 6.26. The van der Waals surface area contributed by atoms with Gasteiger partial charge in [0.1, 0.15) is 12.4 Å². The van der Waals surface area contributed by atoms with Crippen molar-refractivity contribution in [2.75, 3.05) is 0 Å². The van der Waals surface area contributed by atoms with Crippen LogP contribution in [0.4, 0.5) is 0 Å². The molecule has 0 saturated carbocycles. The number of hydrogen-bond donors (Lipinski definition) is 0. The maximum absolute atomic E-state index is 5.93. The highest BCUT2D eigenvalue weighted by Gasteiger charge is 2.05. The summed E-state index contributed by atoms with van der Waals surface area (Å²) in [5.41, 5.74) is 3.35. The highest BCUT2D eigenvalue weighted by atomic mass is 79.9. The summed E-state index contributed by atoms with van der Waals surface area (Å²) < 4.78 is 6.90. The van der Waals surface area contributed by atoms with Gasteiger partial charge in [-0.15, -0.1) is 11.6 Å². The zero-order chi connectivity index (χ0) is 13.0. The summed E-state index contributed by atoms with van der Waals surface area (Å²) >= 11 is 9.44. The highest BCUT2D eigenvalue weighted by molar-refractivity contribution is 9.10. The van der Waals surface area contributed by atoms with Crippen LogP contribution < -0.4 is 4.74 Å². The molecule has 0 unspecified atom stereocenters. The molecule has 3 heteroatoms. The normalized spacial score (nSPS) is 10.4. The Morgan fingerprint density at radius 2 is 1.89 bits per heavy atom. The van der Waals surface area contributed by atoms with Gasteiger partial charge in [0.05, 0.1) is 5.88 Å². The van der Waals surface area contributed by atoms with Gasteiger partial charge >= 0.3 is 0 Å². The molecule has 0 aliphatic rings. The first-order valence-electron chi connectivity index (χ1n) is 5.72. The Morgan fingerprint density at radius 3 is 2.61 bits per heavy atom. The molecule has 0 spiro atoms. The highest BCUT2D eigenvalue weighted by Crippen LogP contribution is 2.24. The van der Waals surface area contributed by atoms with Gasteiger partial charge in [-0.25, -0.2) is 0 Å². The van der Waals surface area contributed by atoms with Gasteiger partial charge in [-0.3, -0.25) is 0 Å². The van der Waals surface area contributed by atoms with Crippen LogP contribution in [0, 0.1) is 6.92 Å². The maximum atomic E-state index is 5.93. The van der Waals surface area contributed by atoms with Crippen LogP contribution in [-0.4, -0.2) is 0 Å². The number of alkyl halides is 1. The average Bonchev–Trinajstić information content (AvgIpc) is 2.39. The van der Waals surface area contributed by atoms with E-state index in [1.807, 2.05) is 43.3 Å². The Kier molecular flexibility index (Phi) is 4.67. The quantitative estimate of drug-likeness (QED) is 0.713. The van der Waals surface area contributed by atoms with E-state index in [2.05, 4.69) is 22.0 Å². The van der Waals surface area contributed by atoms with Crippen LogP contribution >= 0.6 is 27.5 Å². The van der Waals surface area contributed by atoms with E-state index in [4.69, 9.17) is 16.3 Å². The Balaban J connectivity index is 2.13. The van der Waals surface area contributed by atoms with Crippen molar-refractivity contribution in [3.63, 3.8) is 0 Å². The number of hydrogen-bond acceptors (Lipinski definition) is 1. The van der Waals surface area contributed by atoms with Crippen LogP contribution in [0.25, 0.3) is 0 Å². The summed E-state index contributed by atoms with van der Waals surface area (Å²) in [7, 11) is 0. The summed E-state index contributed by atoms with van der Waals surface area (Å²) in [5, 5.41) is 0. The molecular weight excluding hydrogens is 312 g/mol. The molecule has 0 aliphatic carbocycles. The molecule has 1 nitrogen and oxygen atoms in total. The third-order valence-electron chi connectivity index (χ3n) is 2.70. The van der Waals surface area contributed by atoms with E-state index < -0.39 is 0 Å². The second-order valence-corrected chi connectivity index (χ2v) is 5.25. The average molecular weight is 326 g/mol. The monoisotopic (exact) mass is 324 g/mol. The van der Waals surface area contributed by atoms with Crippen LogP contribution in [0.1, 0.15) is 16.7 Å². The van der Waals surface area contributed by atoms with Crippen molar-refractivity contribution in [1.29, 1.82) is 0 Å². The van der Waals surface area contributed by atoms with E-state index in [0.29, 0.717) is 12.5 Å². The largest absolute Gasteiger partial charge is 0.489 e. The number of aryl methyl sites for hydroxylation is 1. The van der Waals surface area contributed by atoms with Crippen molar-refractivity contribution in [2.24, 2.45) is 0 Å². The lowest BCUT2D eigenvalue weighted by Crippen LogP contribution is -1.99. The van der Waals surface area contributed by atoms with E-state index >= 15 is 0 Å². The fraction of sp³-hybridized carbons (Fsp3) is 0.200. The molecule has 0 N–H and O–H groups in total. The van der Waals surface area contributed by atoms with E-state index in [9.17, 15) is 0 Å². The van der Waals surface area contributed by atoms with Crippen molar-refractivity contribution in [3.05, 3.63) is 63.6 Å². The Bertz CT molecular complexity index is 540. The number of halogens is 2. The van der Waals surface area contributed by atoms with E-state index in [0.717, 1.165) is 21.3 Å². The van der Waals surface area contributed by atoms with Crippen LogP contribution in [0.5, 0.6) is 5.75 Å². The minimum Gasteiger partial charge on any atom is -0.489 e. The van der Waals surface area contributed by atoms with Gasteiger partial charge in [0.25, 0.3) is 0 Å². The Hall–Kier alpha value is -0.990. The van der Waals surface area contributed by atoms with E-state index in [1.165, 1.54) is 5.56 Å². The standard InChI is InChI=1S/C15H14BrClO/c1-11-6-7-15(13(8-11)9-17)18-10-12-4-2-3-5-14(12)16/h2-8H,9-10H2,1H3. The number of ether oxygens (including phenoxy) is 1. The van der Waals surface area contributed by atoms with Crippen molar-refractivity contribution >= 4 is 27.5 Å². The summed E-state index contributed by atoms with van der Waals surface area (Å²) in [6.07, 6.45) is 0. The molecule has 0 aromatic heterocycles. The van der Waals surface area contributed by atoms with E-state index in [-0.39, 0.29) is 0 Å². The lowest BCUT2D eigenvalue weighted by atomic mass is 10.1. The predicted molar refractivity (Wildman–Crippen MR) is 79.2 cm³/mol. The topological polar surface area (TPSA) is 9.23 Å². The molecular formula is C15H14BrClO. The molecule has 0 aliphatic heterocycles. The SMILES string of the molecule is Cc1ccc(OCc2ccccc2Br)c(CCl)c1. The lowest BCUT2D eigenvalue weighted by molar-refractivity contribution is 0.303. The first kappa shape index (κ1) is 13.4. The van der Waals surface area contributed by atoms with Crippen LogP contribution in [0.2, 0.25) is 0 Å². The van der Waals surface area contributed by atoms with E-state index in [1.54, 1.807) is 0 Å². The molecule has 0 bridgehead atoms. The molecule has 0 heterocycles. The molecule has 0 amide bonds. The molecule has 0 fully saturated rings. The second-order valence-electron chi connectivity index (χ2n) is 4.12.